The molecule has 94 valence electrons. The van der Waals surface area contributed by atoms with Crippen molar-refractivity contribution in [3.63, 3.8) is 0 Å². The molecular weight excluding hydrogens is 220 g/mol. The third kappa shape index (κ3) is 4.40. The summed E-state index contributed by atoms with van der Waals surface area (Å²) in [6.07, 6.45) is 1.06. The van der Waals surface area contributed by atoms with Crippen LogP contribution in [0.1, 0.15) is 18.9 Å². The fourth-order valence-electron chi connectivity index (χ4n) is 1.42. The molecule has 1 aromatic rings. The number of nitrogens with zero attached hydrogens (tertiary/aromatic N) is 1. The lowest BCUT2D eigenvalue weighted by Gasteiger charge is -2.08. The number of benzene rings is 1. The van der Waals surface area contributed by atoms with Crippen LogP contribution in [0.4, 0.5) is 5.69 Å². The van der Waals surface area contributed by atoms with E-state index in [1.807, 2.05) is 6.92 Å². The Morgan fingerprint density at radius 1 is 1.41 bits per heavy atom. The van der Waals surface area contributed by atoms with Gasteiger partial charge in [-0.25, -0.2) is 0 Å². The van der Waals surface area contributed by atoms with Gasteiger partial charge in [-0.05, 0) is 31.5 Å². The quantitative estimate of drug-likeness (QED) is 0.449. The molecule has 0 aliphatic rings. The third-order valence-electron chi connectivity index (χ3n) is 2.28. The summed E-state index contributed by atoms with van der Waals surface area (Å²) >= 11 is 0. The van der Waals surface area contributed by atoms with Crippen LogP contribution < -0.4 is 10.1 Å². The molecule has 1 rings (SSSR count). The Morgan fingerprint density at radius 2 is 2.18 bits per heavy atom. The lowest BCUT2D eigenvalue weighted by Crippen LogP contribution is -2.21. The number of rotatable bonds is 7. The number of ether oxygens (including phenoxy) is 1. The van der Waals surface area contributed by atoms with Crippen molar-refractivity contribution in [1.29, 1.82) is 0 Å². The largest absolute Gasteiger partial charge is 0.485 e. The Hall–Kier alpha value is -1.62. The van der Waals surface area contributed by atoms with E-state index in [9.17, 15) is 10.1 Å². The Morgan fingerprint density at radius 3 is 2.82 bits per heavy atom. The molecule has 0 aromatic heterocycles. The molecule has 0 unspecified atom stereocenters. The highest BCUT2D eigenvalue weighted by molar-refractivity contribution is 5.48. The molecule has 0 saturated carbocycles. The zero-order valence-electron chi connectivity index (χ0n) is 10.2. The van der Waals surface area contributed by atoms with E-state index >= 15 is 0 Å². The van der Waals surface area contributed by atoms with Gasteiger partial charge in [0.05, 0.1) is 4.92 Å². The first-order valence-corrected chi connectivity index (χ1v) is 5.73. The van der Waals surface area contributed by atoms with Crippen molar-refractivity contribution in [1.82, 2.24) is 5.32 Å². The zero-order valence-corrected chi connectivity index (χ0v) is 10.2. The van der Waals surface area contributed by atoms with Gasteiger partial charge in [0, 0.05) is 12.6 Å². The summed E-state index contributed by atoms with van der Waals surface area (Å²) < 4.78 is 5.42. The molecule has 0 atom stereocenters. The van der Waals surface area contributed by atoms with Crippen LogP contribution in [0.15, 0.2) is 18.2 Å². The predicted molar refractivity (Wildman–Crippen MR) is 66.5 cm³/mol. The normalized spacial score (nSPS) is 10.2. The summed E-state index contributed by atoms with van der Waals surface area (Å²) in [5.41, 5.74) is 0.971. The van der Waals surface area contributed by atoms with Crippen LogP contribution in [-0.4, -0.2) is 24.6 Å². The number of nitro groups is 1. The molecule has 1 aromatic carbocycles. The maximum atomic E-state index is 10.8. The Bertz CT molecular complexity index is 380. The van der Waals surface area contributed by atoms with E-state index < -0.39 is 4.92 Å². The fraction of sp³-hybridized carbons (Fsp3) is 0.500. The Kier molecular flexibility index (Phi) is 5.42. The van der Waals surface area contributed by atoms with Crippen LogP contribution in [-0.2, 0) is 0 Å². The molecule has 0 aliphatic heterocycles. The molecule has 0 heterocycles. The minimum absolute atomic E-state index is 0.0195. The van der Waals surface area contributed by atoms with Crippen molar-refractivity contribution in [2.24, 2.45) is 0 Å². The Labute approximate surface area is 101 Å². The molecule has 0 spiro atoms. The molecule has 17 heavy (non-hydrogen) atoms. The maximum Gasteiger partial charge on any atom is 0.310 e. The smallest absolute Gasteiger partial charge is 0.310 e. The predicted octanol–water partition coefficient (Wildman–Crippen LogP) is 2.28. The van der Waals surface area contributed by atoms with Crippen LogP contribution >= 0.6 is 0 Å². The number of hydrogen-bond acceptors (Lipinski definition) is 4. The van der Waals surface area contributed by atoms with Crippen LogP contribution in [0.5, 0.6) is 5.75 Å². The highest BCUT2D eigenvalue weighted by Crippen LogP contribution is 2.27. The van der Waals surface area contributed by atoms with Crippen molar-refractivity contribution in [3.8, 4) is 5.75 Å². The molecule has 0 radical (unpaired) electrons. The molecular formula is C12H18N2O3. The zero-order chi connectivity index (χ0) is 12.7. The van der Waals surface area contributed by atoms with Gasteiger partial charge in [0.1, 0.15) is 6.61 Å². The third-order valence-corrected chi connectivity index (χ3v) is 2.28. The molecule has 0 aliphatic carbocycles. The van der Waals surface area contributed by atoms with Crippen LogP contribution in [0.3, 0.4) is 0 Å². The summed E-state index contributed by atoms with van der Waals surface area (Å²) in [6.45, 7) is 6.02. The van der Waals surface area contributed by atoms with Gasteiger partial charge in [0.2, 0.25) is 0 Å². The minimum Gasteiger partial charge on any atom is -0.485 e. The lowest BCUT2D eigenvalue weighted by atomic mass is 10.2. The Balaban J connectivity index is 2.56. The lowest BCUT2D eigenvalue weighted by molar-refractivity contribution is -0.385. The highest BCUT2D eigenvalue weighted by atomic mass is 16.6. The monoisotopic (exact) mass is 238 g/mol. The first-order valence-electron chi connectivity index (χ1n) is 5.73. The van der Waals surface area contributed by atoms with Gasteiger partial charge in [0.25, 0.3) is 0 Å². The van der Waals surface area contributed by atoms with Gasteiger partial charge in [-0.15, -0.1) is 0 Å². The topological polar surface area (TPSA) is 64.4 Å². The molecule has 0 saturated heterocycles. The van der Waals surface area contributed by atoms with Gasteiger partial charge in [-0.1, -0.05) is 13.0 Å². The molecule has 0 fully saturated rings. The number of hydrogen-bond donors (Lipinski definition) is 1. The summed E-state index contributed by atoms with van der Waals surface area (Å²) in [6, 6.07) is 4.88. The fourth-order valence-corrected chi connectivity index (χ4v) is 1.42. The summed E-state index contributed by atoms with van der Waals surface area (Å²) in [5.74, 6) is 0.341. The van der Waals surface area contributed by atoms with Crippen LogP contribution in [0, 0.1) is 17.0 Å². The molecule has 0 amide bonds. The summed E-state index contributed by atoms with van der Waals surface area (Å²) in [4.78, 5) is 10.4. The van der Waals surface area contributed by atoms with E-state index in [2.05, 4.69) is 12.2 Å². The second kappa shape index (κ2) is 6.85. The van der Waals surface area contributed by atoms with Gasteiger partial charge >= 0.3 is 5.69 Å². The van der Waals surface area contributed by atoms with Crippen molar-refractivity contribution >= 4 is 5.69 Å². The summed E-state index contributed by atoms with van der Waals surface area (Å²) in [7, 11) is 0. The van der Waals surface area contributed by atoms with Gasteiger partial charge in [-0.3, -0.25) is 10.1 Å². The molecule has 0 bridgehead atoms. The van der Waals surface area contributed by atoms with Gasteiger partial charge in [0.15, 0.2) is 5.75 Å². The second-order valence-electron chi connectivity index (χ2n) is 3.83. The van der Waals surface area contributed by atoms with Crippen LogP contribution in [0.25, 0.3) is 0 Å². The maximum absolute atomic E-state index is 10.8. The van der Waals surface area contributed by atoms with Crippen molar-refractivity contribution in [2.45, 2.75) is 20.3 Å². The second-order valence-corrected chi connectivity index (χ2v) is 3.83. The van der Waals surface area contributed by atoms with E-state index in [0.29, 0.717) is 18.9 Å². The first-order chi connectivity index (χ1) is 8.15. The number of nitrogens with one attached hydrogen (secondary N) is 1. The van der Waals surface area contributed by atoms with Crippen LogP contribution in [0.2, 0.25) is 0 Å². The van der Waals surface area contributed by atoms with Crippen molar-refractivity contribution in [2.75, 3.05) is 19.7 Å². The van der Waals surface area contributed by atoms with Crippen molar-refractivity contribution in [3.05, 3.63) is 33.9 Å². The van der Waals surface area contributed by atoms with Gasteiger partial charge < -0.3 is 10.1 Å². The van der Waals surface area contributed by atoms with E-state index in [-0.39, 0.29) is 5.69 Å². The van der Waals surface area contributed by atoms with E-state index in [0.717, 1.165) is 18.5 Å². The molecule has 1 N–H and O–H groups in total. The SMILES string of the molecule is CCCNCCOc1cc(C)ccc1[N+](=O)[O-]. The standard InChI is InChI=1S/C12H18N2O3/c1-3-6-13-7-8-17-12-9-10(2)4-5-11(12)14(15)16/h4-5,9,13H,3,6-8H2,1-2H3. The van der Waals surface area contributed by atoms with Crippen molar-refractivity contribution < 1.29 is 9.66 Å². The van der Waals surface area contributed by atoms with E-state index in [4.69, 9.17) is 4.74 Å². The van der Waals surface area contributed by atoms with E-state index in [1.165, 1.54) is 6.07 Å². The molecule has 5 nitrogen and oxygen atoms in total. The first kappa shape index (κ1) is 13.4. The number of nitro benzene ring substituents is 1. The van der Waals surface area contributed by atoms with Gasteiger partial charge in [-0.2, -0.15) is 0 Å². The summed E-state index contributed by atoms with van der Waals surface area (Å²) in [5, 5.41) is 14.0. The van der Waals surface area contributed by atoms with E-state index in [1.54, 1.807) is 12.1 Å². The minimum atomic E-state index is -0.422. The average Bonchev–Trinajstić information content (AvgIpc) is 2.28. The number of aryl methyl sites for hydroxylation is 1. The molecule has 5 heteroatoms. The highest BCUT2D eigenvalue weighted by Gasteiger charge is 2.14. The average molecular weight is 238 g/mol.